The van der Waals surface area contributed by atoms with Crippen molar-refractivity contribution >= 4 is 0 Å². The molecule has 0 radical (unpaired) electrons. The fraction of sp³-hybridized carbons (Fsp3) is 1.00. The maximum absolute atomic E-state index is 10.2. The number of nitrogens with zero attached hydrogens (tertiary/aromatic N) is 1. The molecule has 4 N–H and O–H groups in total. The van der Waals surface area contributed by atoms with Crippen LogP contribution < -0.4 is 5.43 Å². The number of hydrogen-bond donors (Lipinski definition) is 4. The molecule has 0 aromatic carbocycles. The molecule has 0 fully saturated rings. The van der Waals surface area contributed by atoms with Gasteiger partial charge in [0.15, 0.2) is 0 Å². The number of hydrogen-bond acceptors (Lipinski definition) is 5. The maximum atomic E-state index is 10.2. The molecule has 0 aliphatic carbocycles. The van der Waals surface area contributed by atoms with Crippen LogP contribution in [0.3, 0.4) is 0 Å². The number of unbranched alkanes of at least 4 members (excludes halogenated alkanes) is 10. The van der Waals surface area contributed by atoms with Crippen molar-refractivity contribution in [1.82, 2.24) is 10.4 Å². The Kier molecular flexibility index (Phi) is 20.4. The highest BCUT2D eigenvalue weighted by Gasteiger charge is 2.13. The van der Waals surface area contributed by atoms with Crippen molar-refractivity contribution in [3.8, 4) is 0 Å². The van der Waals surface area contributed by atoms with Gasteiger partial charge in [0, 0.05) is 19.6 Å². The molecular weight excluding hydrogens is 340 g/mol. The first-order valence-electron chi connectivity index (χ1n) is 11.6. The highest BCUT2D eigenvalue weighted by Crippen LogP contribution is 2.10. The van der Waals surface area contributed by atoms with E-state index in [0.717, 1.165) is 25.7 Å². The van der Waals surface area contributed by atoms with Gasteiger partial charge in [0.2, 0.25) is 0 Å². The van der Waals surface area contributed by atoms with Crippen LogP contribution in [0.5, 0.6) is 0 Å². The van der Waals surface area contributed by atoms with Gasteiger partial charge in [-0.05, 0) is 12.8 Å². The summed E-state index contributed by atoms with van der Waals surface area (Å²) in [5.74, 6) is 0. The average Bonchev–Trinajstić information content (AvgIpc) is 2.65. The Morgan fingerprint density at radius 3 is 1.70 bits per heavy atom. The van der Waals surface area contributed by atoms with E-state index in [1.807, 2.05) is 5.01 Å². The molecule has 0 heterocycles. The third-order valence-electron chi connectivity index (χ3n) is 5.13. The van der Waals surface area contributed by atoms with E-state index >= 15 is 0 Å². The van der Waals surface area contributed by atoms with E-state index in [4.69, 9.17) is 0 Å². The van der Waals surface area contributed by atoms with Crippen LogP contribution in [0.1, 0.15) is 104 Å². The Bertz CT molecular complexity index is 293. The number of rotatable bonds is 21. The monoisotopic (exact) mass is 388 g/mol. The van der Waals surface area contributed by atoms with Crippen molar-refractivity contribution < 1.29 is 15.3 Å². The SMILES string of the molecule is CCCCCCCCC(O)CNN(CCO)CC(O)CCCCCCCC. The van der Waals surface area contributed by atoms with Gasteiger partial charge in [0.1, 0.15) is 0 Å². The first kappa shape index (κ1) is 26.8. The molecule has 0 aromatic rings. The molecule has 0 aliphatic rings. The molecule has 0 bridgehead atoms. The first-order valence-corrected chi connectivity index (χ1v) is 11.6. The lowest BCUT2D eigenvalue weighted by molar-refractivity contribution is 0.0448. The van der Waals surface area contributed by atoms with E-state index in [9.17, 15) is 15.3 Å². The van der Waals surface area contributed by atoms with Gasteiger partial charge in [0.05, 0.1) is 18.8 Å². The molecule has 0 aromatic heterocycles. The van der Waals surface area contributed by atoms with Gasteiger partial charge < -0.3 is 15.3 Å². The number of aliphatic hydroxyl groups is 3. The summed E-state index contributed by atoms with van der Waals surface area (Å²) in [6.07, 6.45) is 15.6. The van der Waals surface area contributed by atoms with Gasteiger partial charge in [-0.15, -0.1) is 0 Å². The average molecular weight is 389 g/mol. The van der Waals surface area contributed by atoms with Gasteiger partial charge in [-0.25, -0.2) is 5.01 Å². The summed E-state index contributed by atoms with van der Waals surface area (Å²) in [5.41, 5.74) is 3.19. The molecule has 27 heavy (non-hydrogen) atoms. The van der Waals surface area contributed by atoms with E-state index in [1.165, 1.54) is 64.2 Å². The molecule has 5 nitrogen and oxygen atoms in total. The predicted octanol–water partition coefficient (Wildman–Crippen LogP) is 4.01. The van der Waals surface area contributed by atoms with Crippen LogP contribution in [0.25, 0.3) is 0 Å². The van der Waals surface area contributed by atoms with Crippen molar-refractivity contribution in [3.63, 3.8) is 0 Å². The molecule has 0 amide bonds. The van der Waals surface area contributed by atoms with Crippen LogP contribution in [-0.4, -0.2) is 58.8 Å². The Labute approximate surface area is 168 Å². The Morgan fingerprint density at radius 2 is 1.19 bits per heavy atom. The van der Waals surface area contributed by atoms with Gasteiger partial charge in [0.25, 0.3) is 0 Å². The third kappa shape index (κ3) is 18.9. The van der Waals surface area contributed by atoms with Gasteiger partial charge in [-0.3, -0.25) is 5.43 Å². The van der Waals surface area contributed by atoms with Crippen LogP contribution in [0, 0.1) is 0 Å². The standard InChI is InChI=1S/C22H48N2O3/c1-3-5-7-9-11-13-15-21(26)19-23-24(17-18-25)20-22(27)16-14-12-10-8-6-4-2/h21-23,25-27H,3-20H2,1-2H3. The number of hydrazine groups is 1. The summed E-state index contributed by atoms with van der Waals surface area (Å²) >= 11 is 0. The van der Waals surface area contributed by atoms with E-state index in [0.29, 0.717) is 19.6 Å². The van der Waals surface area contributed by atoms with Gasteiger partial charge in [-0.1, -0.05) is 90.9 Å². The van der Waals surface area contributed by atoms with E-state index < -0.39 is 0 Å². The molecule has 0 saturated carbocycles. The summed E-state index contributed by atoms with van der Waals surface area (Å²) in [6, 6.07) is 0. The summed E-state index contributed by atoms with van der Waals surface area (Å²) < 4.78 is 0. The van der Waals surface area contributed by atoms with Crippen molar-refractivity contribution in [2.24, 2.45) is 0 Å². The Balaban J connectivity index is 3.80. The minimum Gasteiger partial charge on any atom is -0.395 e. The van der Waals surface area contributed by atoms with Crippen molar-refractivity contribution in [2.75, 3.05) is 26.2 Å². The minimum atomic E-state index is -0.383. The van der Waals surface area contributed by atoms with Crippen LogP contribution in [0.4, 0.5) is 0 Å². The molecule has 5 heteroatoms. The summed E-state index contributed by atoms with van der Waals surface area (Å²) in [6.45, 7) is 5.94. The minimum absolute atomic E-state index is 0.0459. The second-order valence-corrected chi connectivity index (χ2v) is 7.95. The highest BCUT2D eigenvalue weighted by atomic mass is 16.3. The largest absolute Gasteiger partial charge is 0.395 e. The zero-order valence-corrected chi connectivity index (χ0v) is 18.2. The molecule has 0 rings (SSSR count). The quantitative estimate of drug-likeness (QED) is 0.177. The molecule has 2 atom stereocenters. The summed E-state index contributed by atoms with van der Waals surface area (Å²) in [4.78, 5) is 0. The highest BCUT2D eigenvalue weighted by molar-refractivity contribution is 4.65. The van der Waals surface area contributed by atoms with E-state index in [-0.39, 0.29) is 18.8 Å². The first-order chi connectivity index (χ1) is 13.1. The van der Waals surface area contributed by atoms with E-state index in [2.05, 4.69) is 19.3 Å². The fourth-order valence-electron chi connectivity index (χ4n) is 3.36. The second kappa shape index (κ2) is 20.5. The molecule has 2 unspecified atom stereocenters. The molecule has 164 valence electrons. The van der Waals surface area contributed by atoms with Crippen molar-refractivity contribution in [1.29, 1.82) is 0 Å². The van der Waals surface area contributed by atoms with Crippen LogP contribution in [-0.2, 0) is 0 Å². The molecular formula is C22H48N2O3. The molecule has 0 spiro atoms. The van der Waals surface area contributed by atoms with E-state index in [1.54, 1.807) is 0 Å². The second-order valence-electron chi connectivity index (χ2n) is 7.95. The van der Waals surface area contributed by atoms with Crippen LogP contribution in [0.2, 0.25) is 0 Å². The molecule has 0 saturated heterocycles. The lowest BCUT2D eigenvalue weighted by Gasteiger charge is -2.26. The number of aliphatic hydroxyl groups excluding tert-OH is 3. The summed E-state index contributed by atoms with van der Waals surface area (Å²) in [5, 5.41) is 31.4. The Hall–Kier alpha value is -0.200. The van der Waals surface area contributed by atoms with Gasteiger partial charge >= 0.3 is 0 Å². The van der Waals surface area contributed by atoms with Crippen molar-refractivity contribution in [2.45, 2.75) is 116 Å². The number of nitrogens with one attached hydrogen (secondary N) is 1. The fourth-order valence-corrected chi connectivity index (χ4v) is 3.36. The maximum Gasteiger partial charge on any atom is 0.0681 e. The lowest BCUT2D eigenvalue weighted by atomic mass is 10.1. The van der Waals surface area contributed by atoms with Crippen LogP contribution >= 0.6 is 0 Å². The Morgan fingerprint density at radius 1 is 0.704 bits per heavy atom. The third-order valence-corrected chi connectivity index (χ3v) is 5.13. The predicted molar refractivity (Wildman–Crippen MR) is 115 cm³/mol. The zero-order chi connectivity index (χ0) is 20.2. The smallest absolute Gasteiger partial charge is 0.0681 e. The molecule has 0 aliphatic heterocycles. The summed E-state index contributed by atoms with van der Waals surface area (Å²) in [7, 11) is 0. The lowest BCUT2D eigenvalue weighted by Crippen LogP contribution is -2.47. The normalized spacial score (nSPS) is 14.0. The van der Waals surface area contributed by atoms with Gasteiger partial charge in [-0.2, -0.15) is 0 Å². The topological polar surface area (TPSA) is 76.0 Å². The zero-order valence-electron chi connectivity index (χ0n) is 18.2. The van der Waals surface area contributed by atoms with Crippen molar-refractivity contribution in [3.05, 3.63) is 0 Å². The van der Waals surface area contributed by atoms with Crippen LogP contribution in [0.15, 0.2) is 0 Å².